The van der Waals surface area contributed by atoms with E-state index in [1.165, 1.54) is 0 Å². The summed E-state index contributed by atoms with van der Waals surface area (Å²) in [5.41, 5.74) is 0.909. The van der Waals surface area contributed by atoms with Crippen LogP contribution in [0.15, 0.2) is 9.21 Å². The molecular weight excluding hydrogens is 400 g/mol. The normalized spacial score (nSPS) is 17.0. The van der Waals surface area contributed by atoms with E-state index in [0.717, 1.165) is 19.5 Å². The third-order valence-corrected chi connectivity index (χ3v) is 6.45. The van der Waals surface area contributed by atoms with E-state index < -0.39 is 5.63 Å². The summed E-state index contributed by atoms with van der Waals surface area (Å²) < 4.78 is 11.1. The first-order valence-corrected chi connectivity index (χ1v) is 10.8. The number of aryl methyl sites for hydroxylation is 2. The Hall–Kier alpha value is -2.87. The number of benzene rings is 1. The van der Waals surface area contributed by atoms with E-state index in [2.05, 4.69) is 18.7 Å². The van der Waals surface area contributed by atoms with Gasteiger partial charge in [-0.25, -0.2) is 4.79 Å². The predicted octanol–water partition coefficient (Wildman–Crippen LogP) is 2.04. The van der Waals surface area contributed by atoms with Gasteiger partial charge in [-0.2, -0.15) is 0 Å². The van der Waals surface area contributed by atoms with Crippen molar-refractivity contribution in [2.45, 2.75) is 46.1 Å². The number of fused-ring (bicyclic) bond motifs is 3. The van der Waals surface area contributed by atoms with Crippen molar-refractivity contribution < 1.29 is 23.8 Å². The standard InChI is InChI=1S/C23H28N2O6/c1-13(2)24-6-8-25(9-7-24)18(27)11-16-14(3)19-15-5-4-10-30-22(15)20(28)17(12-26)21(19)31-23(16)29/h12-13,28H,4-11H2,1-3H3. The first kappa shape index (κ1) is 21.4. The van der Waals surface area contributed by atoms with Crippen LogP contribution in [0, 0.1) is 6.92 Å². The van der Waals surface area contributed by atoms with Crippen LogP contribution < -0.4 is 10.4 Å². The SMILES string of the molecule is Cc1c(CC(=O)N2CCN(C(C)C)CC2)c(=O)oc2c(C=O)c(O)c3c(c12)CCCO3. The number of hydrogen-bond acceptors (Lipinski definition) is 7. The van der Waals surface area contributed by atoms with Crippen molar-refractivity contribution in [2.75, 3.05) is 32.8 Å². The summed E-state index contributed by atoms with van der Waals surface area (Å²) in [6.07, 6.45) is 1.78. The minimum absolute atomic E-state index is 0.0565. The van der Waals surface area contributed by atoms with Crippen molar-refractivity contribution in [3.8, 4) is 11.5 Å². The molecule has 0 aliphatic carbocycles. The summed E-state index contributed by atoms with van der Waals surface area (Å²) in [5, 5.41) is 11.1. The highest BCUT2D eigenvalue weighted by molar-refractivity contribution is 6.02. The van der Waals surface area contributed by atoms with Gasteiger partial charge in [-0.3, -0.25) is 14.5 Å². The molecule has 1 amide bonds. The molecule has 1 aromatic carbocycles. The highest BCUT2D eigenvalue weighted by Gasteiger charge is 2.29. The molecule has 0 unspecified atom stereocenters. The summed E-state index contributed by atoms with van der Waals surface area (Å²) in [6, 6.07) is 0.434. The fraction of sp³-hybridized carbons (Fsp3) is 0.522. The van der Waals surface area contributed by atoms with E-state index in [-0.39, 0.29) is 35.0 Å². The lowest BCUT2D eigenvalue weighted by atomic mass is 9.92. The molecule has 0 bridgehead atoms. The van der Waals surface area contributed by atoms with Crippen molar-refractivity contribution in [3.63, 3.8) is 0 Å². The molecule has 2 aliphatic heterocycles. The zero-order chi connectivity index (χ0) is 22.3. The molecular formula is C23H28N2O6. The summed E-state index contributed by atoms with van der Waals surface area (Å²) >= 11 is 0. The van der Waals surface area contributed by atoms with Gasteiger partial charge in [-0.05, 0) is 39.2 Å². The number of carbonyl (C=O) groups excluding carboxylic acids is 2. The van der Waals surface area contributed by atoms with Gasteiger partial charge in [-0.1, -0.05) is 0 Å². The Bertz CT molecular complexity index is 1100. The topological polar surface area (TPSA) is 100 Å². The van der Waals surface area contributed by atoms with Crippen LogP contribution in [0.25, 0.3) is 11.0 Å². The molecule has 4 rings (SSSR count). The minimum atomic E-state index is -0.654. The van der Waals surface area contributed by atoms with Gasteiger partial charge in [0.05, 0.1) is 18.6 Å². The Labute approximate surface area is 180 Å². The second kappa shape index (κ2) is 8.34. The Balaban J connectivity index is 1.73. The number of aldehydes is 1. The number of amides is 1. The van der Waals surface area contributed by atoms with Gasteiger partial charge in [0.1, 0.15) is 5.56 Å². The van der Waals surface area contributed by atoms with Crippen molar-refractivity contribution in [1.82, 2.24) is 9.80 Å². The van der Waals surface area contributed by atoms with E-state index >= 15 is 0 Å². The van der Waals surface area contributed by atoms with E-state index in [4.69, 9.17) is 9.15 Å². The number of phenols is 1. The van der Waals surface area contributed by atoms with Gasteiger partial charge < -0.3 is 19.2 Å². The highest BCUT2D eigenvalue weighted by atomic mass is 16.5. The lowest BCUT2D eigenvalue weighted by Gasteiger charge is -2.37. The van der Waals surface area contributed by atoms with Crippen LogP contribution in [-0.4, -0.2) is 65.9 Å². The van der Waals surface area contributed by atoms with E-state index in [0.29, 0.717) is 60.5 Å². The van der Waals surface area contributed by atoms with E-state index in [1.807, 2.05) is 0 Å². The molecule has 2 aromatic rings. The first-order chi connectivity index (χ1) is 14.8. The maximum absolute atomic E-state index is 13.0. The van der Waals surface area contributed by atoms with Gasteiger partial charge >= 0.3 is 5.63 Å². The van der Waals surface area contributed by atoms with Gasteiger partial charge in [0.15, 0.2) is 23.4 Å². The van der Waals surface area contributed by atoms with Crippen molar-refractivity contribution >= 4 is 23.2 Å². The molecule has 8 heteroatoms. The van der Waals surface area contributed by atoms with E-state index in [1.54, 1.807) is 11.8 Å². The minimum Gasteiger partial charge on any atom is -0.504 e. The largest absolute Gasteiger partial charge is 0.504 e. The molecule has 31 heavy (non-hydrogen) atoms. The van der Waals surface area contributed by atoms with E-state index in [9.17, 15) is 19.5 Å². The maximum Gasteiger partial charge on any atom is 0.340 e. The second-order valence-electron chi connectivity index (χ2n) is 8.52. The molecule has 166 valence electrons. The van der Waals surface area contributed by atoms with Crippen LogP contribution in [0.5, 0.6) is 11.5 Å². The molecule has 0 radical (unpaired) electrons. The molecule has 0 atom stereocenters. The van der Waals surface area contributed by atoms with Crippen molar-refractivity contribution in [3.05, 3.63) is 32.7 Å². The zero-order valence-corrected chi connectivity index (χ0v) is 18.2. The Morgan fingerprint density at radius 1 is 1.23 bits per heavy atom. The number of ether oxygens (including phenoxy) is 1. The molecule has 2 aliphatic rings. The molecule has 1 saturated heterocycles. The van der Waals surface area contributed by atoms with Crippen molar-refractivity contribution in [2.24, 2.45) is 0 Å². The lowest BCUT2D eigenvalue weighted by molar-refractivity contribution is -0.132. The lowest BCUT2D eigenvalue weighted by Crippen LogP contribution is -2.51. The quantitative estimate of drug-likeness (QED) is 0.587. The number of hydrogen-bond donors (Lipinski definition) is 1. The number of rotatable bonds is 4. The number of phenolic OH excluding ortho intramolecular Hbond substituents is 1. The summed E-state index contributed by atoms with van der Waals surface area (Å²) in [4.78, 5) is 41.5. The third-order valence-electron chi connectivity index (χ3n) is 6.45. The number of aromatic hydroxyl groups is 1. The molecule has 1 fully saturated rings. The Kier molecular flexibility index (Phi) is 5.75. The first-order valence-electron chi connectivity index (χ1n) is 10.8. The van der Waals surface area contributed by atoms with Gasteiger partial charge in [0, 0.05) is 43.2 Å². The second-order valence-corrected chi connectivity index (χ2v) is 8.52. The Morgan fingerprint density at radius 2 is 1.94 bits per heavy atom. The zero-order valence-electron chi connectivity index (χ0n) is 18.2. The van der Waals surface area contributed by atoms with Crippen LogP contribution in [0.2, 0.25) is 0 Å². The molecule has 1 aromatic heterocycles. The molecule has 1 N–H and O–H groups in total. The highest BCUT2D eigenvalue weighted by Crippen LogP contribution is 2.43. The number of nitrogens with zero attached hydrogens (tertiary/aromatic N) is 2. The average molecular weight is 428 g/mol. The third kappa shape index (κ3) is 3.69. The van der Waals surface area contributed by atoms with Gasteiger partial charge in [-0.15, -0.1) is 0 Å². The monoisotopic (exact) mass is 428 g/mol. The fourth-order valence-corrected chi connectivity index (χ4v) is 4.60. The number of piperazine rings is 1. The molecule has 0 spiro atoms. The fourth-order valence-electron chi connectivity index (χ4n) is 4.60. The van der Waals surface area contributed by atoms with Gasteiger partial charge in [0.25, 0.3) is 0 Å². The molecule has 0 saturated carbocycles. The Morgan fingerprint density at radius 3 is 2.58 bits per heavy atom. The summed E-state index contributed by atoms with van der Waals surface area (Å²) in [5.74, 6) is -0.149. The summed E-state index contributed by atoms with van der Waals surface area (Å²) in [7, 11) is 0. The van der Waals surface area contributed by atoms with Crippen molar-refractivity contribution in [1.29, 1.82) is 0 Å². The van der Waals surface area contributed by atoms with Crippen LogP contribution >= 0.6 is 0 Å². The predicted molar refractivity (Wildman–Crippen MR) is 115 cm³/mol. The maximum atomic E-state index is 13.0. The smallest absolute Gasteiger partial charge is 0.340 e. The van der Waals surface area contributed by atoms with Crippen LogP contribution in [0.1, 0.15) is 47.3 Å². The van der Waals surface area contributed by atoms with Crippen LogP contribution in [-0.2, 0) is 17.6 Å². The summed E-state index contributed by atoms with van der Waals surface area (Å²) in [6.45, 7) is 9.34. The van der Waals surface area contributed by atoms with Crippen LogP contribution in [0.4, 0.5) is 0 Å². The molecule has 8 nitrogen and oxygen atoms in total. The number of carbonyl (C=O) groups is 2. The average Bonchev–Trinajstić information content (AvgIpc) is 2.76. The van der Waals surface area contributed by atoms with Gasteiger partial charge in [0.2, 0.25) is 5.91 Å². The molecule has 3 heterocycles. The van der Waals surface area contributed by atoms with Crippen LogP contribution in [0.3, 0.4) is 0 Å².